The van der Waals surface area contributed by atoms with Gasteiger partial charge in [0.2, 0.25) is 0 Å². The molecule has 4 atom stereocenters. The predicted molar refractivity (Wildman–Crippen MR) is 111 cm³/mol. The number of carbonyl (C=O) groups is 1. The third kappa shape index (κ3) is 3.07. The molecular formula is C24H31NO3. The first-order valence-electron chi connectivity index (χ1n) is 10.6. The lowest BCUT2D eigenvalue weighted by molar-refractivity contribution is -0.137. The molecule has 1 aromatic heterocycles. The lowest BCUT2D eigenvalue weighted by Gasteiger charge is -2.42. The largest absolute Gasteiger partial charge is 0.481 e. The van der Waals surface area contributed by atoms with E-state index in [1.54, 1.807) is 0 Å². The number of aryl methyl sites for hydroxylation is 2. The van der Waals surface area contributed by atoms with Crippen molar-refractivity contribution in [3.8, 4) is 0 Å². The summed E-state index contributed by atoms with van der Waals surface area (Å²) in [7, 11) is 0. The van der Waals surface area contributed by atoms with Gasteiger partial charge in [-0.15, -0.1) is 0 Å². The summed E-state index contributed by atoms with van der Waals surface area (Å²) >= 11 is 0. The van der Waals surface area contributed by atoms with E-state index in [4.69, 9.17) is 14.5 Å². The van der Waals surface area contributed by atoms with E-state index >= 15 is 0 Å². The number of benzene rings is 1. The van der Waals surface area contributed by atoms with Crippen LogP contribution in [0.25, 0.3) is 11.1 Å². The molecule has 2 aliphatic carbocycles. The second-order valence-corrected chi connectivity index (χ2v) is 9.19. The van der Waals surface area contributed by atoms with E-state index in [1.165, 1.54) is 47.1 Å². The first-order chi connectivity index (χ1) is 13.3. The average Bonchev–Trinajstić information content (AvgIpc) is 3.03. The molecular weight excluding hydrogens is 350 g/mol. The summed E-state index contributed by atoms with van der Waals surface area (Å²) in [6, 6.07) is 0. The number of oxazole rings is 1. The van der Waals surface area contributed by atoms with E-state index in [0.29, 0.717) is 36.0 Å². The molecule has 0 spiro atoms. The molecule has 1 unspecified atom stereocenters. The van der Waals surface area contributed by atoms with E-state index in [-0.39, 0.29) is 6.42 Å². The molecule has 4 nitrogen and oxygen atoms in total. The van der Waals surface area contributed by atoms with E-state index in [9.17, 15) is 4.79 Å². The summed E-state index contributed by atoms with van der Waals surface area (Å²) < 4.78 is 6.20. The highest BCUT2D eigenvalue weighted by molar-refractivity contribution is 5.85. The maximum absolute atomic E-state index is 11.0. The Labute approximate surface area is 167 Å². The maximum Gasteiger partial charge on any atom is 0.303 e. The zero-order valence-corrected chi connectivity index (χ0v) is 17.6. The van der Waals surface area contributed by atoms with Gasteiger partial charge in [-0.05, 0) is 74.5 Å². The van der Waals surface area contributed by atoms with Crippen LogP contribution in [0.4, 0.5) is 0 Å². The highest BCUT2D eigenvalue weighted by Gasteiger charge is 2.40. The molecule has 2 aliphatic rings. The van der Waals surface area contributed by atoms with Crippen LogP contribution in [0.15, 0.2) is 16.1 Å². The van der Waals surface area contributed by atoms with Crippen LogP contribution >= 0.6 is 0 Å². The smallest absolute Gasteiger partial charge is 0.303 e. The van der Waals surface area contributed by atoms with Crippen molar-refractivity contribution < 1.29 is 14.3 Å². The summed E-state index contributed by atoms with van der Waals surface area (Å²) in [6.07, 6.45) is 6.43. The Hall–Kier alpha value is -2.10. The zero-order valence-electron chi connectivity index (χ0n) is 17.6. The van der Waals surface area contributed by atoms with Crippen molar-refractivity contribution in [1.82, 2.24) is 4.98 Å². The van der Waals surface area contributed by atoms with Crippen molar-refractivity contribution in [2.24, 2.45) is 5.92 Å². The second kappa shape index (κ2) is 7.06. The molecule has 0 radical (unpaired) electrons. The van der Waals surface area contributed by atoms with Crippen molar-refractivity contribution in [3.05, 3.63) is 39.8 Å². The third-order valence-electron chi connectivity index (χ3n) is 6.80. The number of rotatable bonds is 4. The lowest BCUT2D eigenvalue weighted by Crippen LogP contribution is -2.28. The first kappa shape index (κ1) is 19.2. The summed E-state index contributed by atoms with van der Waals surface area (Å²) in [5, 5.41) is 9.04. The number of hydrogen-bond acceptors (Lipinski definition) is 3. The van der Waals surface area contributed by atoms with Crippen molar-refractivity contribution in [3.63, 3.8) is 0 Å². The number of carboxylic acids is 1. The molecule has 28 heavy (non-hydrogen) atoms. The molecule has 4 rings (SSSR count). The van der Waals surface area contributed by atoms with Crippen LogP contribution in [0.3, 0.4) is 0 Å². The van der Waals surface area contributed by atoms with Crippen molar-refractivity contribution in [2.45, 2.75) is 84.5 Å². The fourth-order valence-corrected chi connectivity index (χ4v) is 5.61. The molecule has 0 bridgehead atoms. The maximum atomic E-state index is 11.0. The van der Waals surface area contributed by atoms with Crippen LogP contribution in [0, 0.1) is 12.8 Å². The van der Waals surface area contributed by atoms with Crippen LogP contribution in [-0.4, -0.2) is 16.1 Å². The molecule has 0 aliphatic heterocycles. The van der Waals surface area contributed by atoms with Crippen molar-refractivity contribution in [2.75, 3.05) is 0 Å². The van der Waals surface area contributed by atoms with Gasteiger partial charge in [-0.25, -0.2) is 4.98 Å². The van der Waals surface area contributed by atoms with E-state index < -0.39 is 5.97 Å². The Morgan fingerprint density at radius 3 is 2.64 bits per heavy atom. The molecule has 4 heteroatoms. The van der Waals surface area contributed by atoms with Gasteiger partial charge in [0.25, 0.3) is 0 Å². The Balaban J connectivity index is 1.98. The number of carboxylic acid groups (broad SMARTS) is 1. The number of fused-ring (bicyclic) bond motifs is 2. The lowest BCUT2D eigenvalue weighted by atomic mass is 9.62. The van der Waals surface area contributed by atoms with Crippen LogP contribution < -0.4 is 0 Å². The minimum absolute atomic E-state index is 0.0521. The SMILES string of the molecule is CC(C)=C[C@@H]1C[C@H](C)C2CC[C@H](C)c3c2c1c(C)c1nc(CCC(=O)O)oc31. The highest BCUT2D eigenvalue weighted by atomic mass is 16.4. The highest BCUT2D eigenvalue weighted by Crippen LogP contribution is 2.55. The van der Waals surface area contributed by atoms with E-state index in [1.807, 2.05) is 0 Å². The van der Waals surface area contributed by atoms with Crippen LogP contribution in [0.5, 0.6) is 0 Å². The zero-order chi connectivity index (χ0) is 20.2. The number of aromatic nitrogens is 1. The van der Waals surface area contributed by atoms with Gasteiger partial charge in [-0.3, -0.25) is 4.79 Å². The topological polar surface area (TPSA) is 63.3 Å². The normalized spacial score (nSPS) is 26.2. The molecule has 0 saturated carbocycles. The fourth-order valence-electron chi connectivity index (χ4n) is 5.61. The second-order valence-electron chi connectivity index (χ2n) is 9.19. The van der Waals surface area contributed by atoms with Gasteiger partial charge in [0.05, 0.1) is 6.42 Å². The Morgan fingerprint density at radius 1 is 1.21 bits per heavy atom. The Morgan fingerprint density at radius 2 is 1.96 bits per heavy atom. The summed E-state index contributed by atoms with van der Waals surface area (Å²) in [4.78, 5) is 15.8. The molecule has 150 valence electrons. The third-order valence-corrected chi connectivity index (χ3v) is 6.80. The monoisotopic (exact) mass is 381 g/mol. The number of nitrogens with zero attached hydrogens (tertiary/aromatic N) is 1. The van der Waals surface area contributed by atoms with Gasteiger partial charge >= 0.3 is 5.97 Å². The van der Waals surface area contributed by atoms with Crippen LogP contribution in [0.2, 0.25) is 0 Å². The predicted octanol–water partition coefficient (Wildman–Crippen LogP) is 6.22. The van der Waals surface area contributed by atoms with Gasteiger partial charge < -0.3 is 9.52 Å². The van der Waals surface area contributed by atoms with Gasteiger partial charge in [-0.1, -0.05) is 25.5 Å². The minimum atomic E-state index is -0.814. The van der Waals surface area contributed by atoms with Crippen molar-refractivity contribution >= 4 is 17.1 Å². The van der Waals surface area contributed by atoms with Gasteiger partial charge in [0, 0.05) is 17.9 Å². The molecule has 2 aromatic rings. The molecule has 1 heterocycles. The van der Waals surface area contributed by atoms with E-state index in [2.05, 4.69) is 40.7 Å². The number of hydrogen-bond donors (Lipinski definition) is 1. The quantitative estimate of drug-likeness (QED) is 0.638. The summed E-state index contributed by atoms with van der Waals surface area (Å²) in [5.41, 5.74) is 8.78. The van der Waals surface area contributed by atoms with Gasteiger partial charge in [0.15, 0.2) is 11.5 Å². The summed E-state index contributed by atoms with van der Waals surface area (Å²) in [5.74, 6) is 1.87. The molecule has 1 aromatic carbocycles. The minimum Gasteiger partial charge on any atom is -0.481 e. The van der Waals surface area contributed by atoms with Gasteiger partial charge in [-0.2, -0.15) is 0 Å². The molecule has 0 fully saturated rings. The van der Waals surface area contributed by atoms with Crippen molar-refractivity contribution in [1.29, 1.82) is 0 Å². The average molecular weight is 382 g/mol. The Bertz CT molecular complexity index is 964. The Kier molecular flexibility index (Phi) is 4.84. The molecule has 0 amide bonds. The number of allylic oxidation sites excluding steroid dienone is 2. The molecule has 0 saturated heterocycles. The number of aliphatic carboxylic acids is 1. The molecule has 1 N–H and O–H groups in total. The van der Waals surface area contributed by atoms with Crippen LogP contribution in [0.1, 0.15) is 99.3 Å². The standard InChI is InChI=1S/C24H31NO3/c1-12(2)10-16-11-14(4)17-7-6-13(3)20-22(17)21(16)15(5)23-24(20)28-18(25-23)8-9-19(26)27/h10,13-14,16-17H,6-9,11H2,1-5H3,(H,26,27)/t13-,14-,16+,17?/m0/s1. The van der Waals surface area contributed by atoms with E-state index in [0.717, 1.165) is 11.1 Å². The van der Waals surface area contributed by atoms with Crippen LogP contribution in [-0.2, 0) is 11.2 Å². The van der Waals surface area contributed by atoms with Gasteiger partial charge in [0.1, 0.15) is 5.52 Å². The fraction of sp³-hybridized carbons (Fsp3) is 0.583. The first-order valence-corrected chi connectivity index (χ1v) is 10.6. The summed E-state index contributed by atoms with van der Waals surface area (Å²) in [6.45, 7) is 11.2.